The third kappa shape index (κ3) is 7.60. The van der Waals surface area contributed by atoms with Gasteiger partial charge in [0.05, 0.1) is 0 Å². The maximum Gasteiger partial charge on any atom is 0.148 e. The summed E-state index contributed by atoms with van der Waals surface area (Å²) in [6.07, 6.45) is 0. The standard InChI is InChI=1S/C8H10B.C2H6.CH4O/c1-7-3-5-8(9-2)6-4-7;2*1-2/h3-6H,1-2H3;1-2H3;2H,1H3. The van der Waals surface area contributed by atoms with Crippen molar-refractivity contribution in [2.75, 3.05) is 7.11 Å². The Morgan fingerprint density at radius 3 is 1.69 bits per heavy atom. The van der Waals surface area contributed by atoms with Gasteiger partial charge < -0.3 is 5.11 Å². The van der Waals surface area contributed by atoms with Crippen LogP contribution < -0.4 is 5.46 Å². The van der Waals surface area contributed by atoms with Crippen LogP contribution in [-0.2, 0) is 0 Å². The van der Waals surface area contributed by atoms with E-state index in [-0.39, 0.29) is 0 Å². The first kappa shape index (κ1) is 14.8. The quantitative estimate of drug-likeness (QED) is 0.653. The van der Waals surface area contributed by atoms with E-state index in [1.165, 1.54) is 11.0 Å². The minimum Gasteiger partial charge on any atom is -0.400 e. The zero-order valence-corrected chi connectivity index (χ0v) is 9.33. The smallest absolute Gasteiger partial charge is 0.148 e. The number of hydrogen-bond donors (Lipinski definition) is 1. The molecule has 2 heteroatoms. The molecule has 1 rings (SSSR count). The van der Waals surface area contributed by atoms with Gasteiger partial charge >= 0.3 is 0 Å². The van der Waals surface area contributed by atoms with Crippen LogP contribution in [0.5, 0.6) is 0 Å². The average Bonchev–Trinajstić information content (AvgIpc) is 2.25. The van der Waals surface area contributed by atoms with Gasteiger partial charge in [-0.15, -0.1) is 0 Å². The molecule has 0 saturated carbocycles. The second-order valence-corrected chi connectivity index (χ2v) is 2.20. The van der Waals surface area contributed by atoms with E-state index in [1.807, 2.05) is 20.7 Å². The lowest BCUT2D eigenvalue weighted by atomic mass is 9.73. The third-order valence-corrected chi connectivity index (χ3v) is 1.41. The minimum atomic E-state index is 1.00. The summed E-state index contributed by atoms with van der Waals surface area (Å²) in [5.41, 5.74) is 2.61. The first-order valence-corrected chi connectivity index (χ1v) is 4.63. The van der Waals surface area contributed by atoms with Gasteiger partial charge in [-0.1, -0.05) is 56.0 Å². The maximum absolute atomic E-state index is 7.00. The summed E-state index contributed by atoms with van der Waals surface area (Å²) in [6, 6.07) is 8.48. The van der Waals surface area contributed by atoms with Gasteiger partial charge in [-0.3, -0.25) is 0 Å². The average molecular weight is 179 g/mol. The van der Waals surface area contributed by atoms with Gasteiger partial charge in [0.2, 0.25) is 0 Å². The van der Waals surface area contributed by atoms with Gasteiger partial charge in [-0.25, -0.2) is 0 Å². The van der Waals surface area contributed by atoms with Gasteiger partial charge in [0.15, 0.2) is 0 Å². The largest absolute Gasteiger partial charge is 0.400 e. The van der Waals surface area contributed by atoms with Crippen molar-refractivity contribution in [2.45, 2.75) is 27.6 Å². The van der Waals surface area contributed by atoms with Crippen LogP contribution in [0.2, 0.25) is 6.82 Å². The van der Waals surface area contributed by atoms with E-state index >= 15 is 0 Å². The van der Waals surface area contributed by atoms with Crippen molar-refractivity contribution in [3.63, 3.8) is 0 Å². The van der Waals surface area contributed by atoms with Crippen molar-refractivity contribution in [1.82, 2.24) is 0 Å². The molecular formula is C11H20BO. The van der Waals surface area contributed by atoms with Crippen molar-refractivity contribution in [2.24, 2.45) is 0 Å². The summed E-state index contributed by atoms with van der Waals surface area (Å²) >= 11 is 0. The molecule has 0 unspecified atom stereocenters. The molecular weight excluding hydrogens is 159 g/mol. The molecule has 0 saturated heterocycles. The molecule has 0 aliphatic heterocycles. The Balaban J connectivity index is 0. The lowest BCUT2D eigenvalue weighted by Gasteiger charge is -1.93. The number of rotatable bonds is 1. The highest BCUT2D eigenvalue weighted by Gasteiger charge is 1.86. The van der Waals surface area contributed by atoms with Gasteiger partial charge in [0, 0.05) is 7.11 Å². The van der Waals surface area contributed by atoms with Crippen LogP contribution in [0.3, 0.4) is 0 Å². The fourth-order valence-corrected chi connectivity index (χ4v) is 0.759. The van der Waals surface area contributed by atoms with Crippen molar-refractivity contribution in [1.29, 1.82) is 0 Å². The molecule has 0 amide bonds. The highest BCUT2D eigenvalue weighted by atomic mass is 16.2. The molecule has 0 fully saturated rings. The van der Waals surface area contributed by atoms with Gasteiger partial charge in [0.1, 0.15) is 7.28 Å². The Kier molecular flexibility index (Phi) is 12.8. The SMILES string of the molecule is CC.CO.C[B]c1ccc(C)cc1. The van der Waals surface area contributed by atoms with E-state index < -0.39 is 0 Å². The summed E-state index contributed by atoms with van der Waals surface area (Å²) in [5, 5.41) is 7.00. The first-order chi connectivity index (χ1) is 6.33. The van der Waals surface area contributed by atoms with E-state index in [0.29, 0.717) is 0 Å². The lowest BCUT2D eigenvalue weighted by molar-refractivity contribution is 0.399. The summed E-state index contributed by atoms with van der Waals surface area (Å²) < 4.78 is 0. The molecule has 0 spiro atoms. The highest BCUT2D eigenvalue weighted by Crippen LogP contribution is 1.91. The Labute approximate surface area is 83.0 Å². The van der Waals surface area contributed by atoms with Crippen molar-refractivity contribution in [3.05, 3.63) is 29.8 Å². The second-order valence-electron chi connectivity index (χ2n) is 2.20. The zero-order valence-electron chi connectivity index (χ0n) is 9.33. The van der Waals surface area contributed by atoms with E-state index in [1.54, 1.807) is 0 Å². The molecule has 0 heterocycles. The van der Waals surface area contributed by atoms with Crippen LogP contribution in [0.1, 0.15) is 19.4 Å². The van der Waals surface area contributed by atoms with E-state index in [9.17, 15) is 0 Å². The fraction of sp³-hybridized carbons (Fsp3) is 0.455. The number of aliphatic hydroxyl groups excluding tert-OH is 1. The molecule has 73 valence electrons. The summed E-state index contributed by atoms with van der Waals surface area (Å²) in [5.74, 6) is 0. The number of benzene rings is 1. The Morgan fingerprint density at radius 1 is 1.00 bits per heavy atom. The van der Waals surface area contributed by atoms with E-state index in [4.69, 9.17) is 5.11 Å². The van der Waals surface area contributed by atoms with Crippen LogP contribution in [0.15, 0.2) is 24.3 Å². The normalized spacial score (nSPS) is 7.23. The molecule has 1 aromatic rings. The van der Waals surface area contributed by atoms with E-state index in [2.05, 4.69) is 38.5 Å². The molecule has 0 aliphatic carbocycles. The molecule has 1 aromatic carbocycles. The highest BCUT2D eigenvalue weighted by molar-refractivity contribution is 6.51. The van der Waals surface area contributed by atoms with Gasteiger partial charge in [-0.2, -0.15) is 0 Å². The number of aliphatic hydroxyl groups is 1. The van der Waals surface area contributed by atoms with Crippen molar-refractivity contribution >= 4 is 12.7 Å². The predicted octanol–water partition coefficient (Wildman–Crippen LogP) is 2.01. The molecule has 0 aromatic heterocycles. The van der Waals surface area contributed by atoms with Crippen LogP contribution in [0, 0.1) is 6.92 Å². The summed E-state index contributed by atoms with van der Waals surface area (Å²) in [7, 11) is 3.10. The summed E-state index contributed by atoms with van der Waals surface area (Å²) in [6.45, 7) is 8.14. The van der Waals surface area contributed by atoms with Gasteiger partial charge in [0.25, 0.3) is 0 Å². The lowest BCUT2D eigenvalue weighted by Crippen LogP contribution is -2.08. The van der Waals surface area contributed by atoms with Crippen LogP contribution in [0.4, 0.5) is 0 Å². The molecule has 1 N–H and O–H groups in total. The van der Waals surface area contributed by atoms with Crippen LogP contribution in [-0.4, -0.2) is 19.5 Å². The zero-order chi connectivity index (χ0) is 10.7. The molecule has 0 atom stereocenters. The molecule has 1 radical (unpaired) electrons. The minimum absolute atomic E-state index is 1.00. The number of aryl methyl sites for hydroxylation is 1. The Hall–Kier alpha value is -0.755. The van der Waals surface area contributed by atoms with Crippen molar-refractivity contribution < 1.29 is 5.11 Å². The molecule has 0 aliphatic rings. The molecule has 13 heavy (non-hydrogen) atoms. The first-order valence-electron chi connectivity index (χ1n) is 4.63. The van der Waals surface area contributed by atoms with Crippen molar-refractivity contribution in [3.8, 4) is 0 Å². The van der Waals surface area contributed by atoms with Crippen LogP contribution >= 0.6 is 0 Å². The molecule has 0 bridgehead atoms. The summed E-state index contributed by atoms with van der Waals surface area (Å²) in [4.78, 5) is 0. The third-order valence-electron chi connectivity index (χ3n) is 1.41. The topological polar surface area (TPSA) is 20.2 Å². The van der Waals surface area contributed by atoms with E-state index in [0.717, 1.165) is 7.11 Å². The maximum atomic E-state index is 7.00. The Morgan fingerprint density at radius 2 is 1.38 bits per heavy atom. The number of hydrogen-bond acceptors (Lipinski definition) is 1. The predicted molar refractivity (Wildman–Crippen MR) is 61.9 cm³/mol. The Bertz CT molecular complexity index is 182. The molecule has 1 nitrogen and oxygen atoms in total. The fourth-order valence-electron chi connectivity index (χ4n) is 0.759. The van der Waals surface area contributed by atoms with Crippen LogP contribution in [0.25, 0.3) is 0 Å². The monoisotopic (exact) mass is 179 g/mol. The second kappa shape index (κ2) is 11.2. The van der Waals surface area contributed by atoms with Gasteiger partial charge in [-0.05, 0) is 6.92 Å².